The van der Waals surface area contributed by atoms with Crippen molar-refractivity contribution in [3.05, 3.63) is 45.7 Å². The lowest BCUT2D eigenvalue weighted by Gasteiger charge is -2.11. The van der Waals surface area contributed by atoms with E-state index in [0.29, 0.717) is 22.0 Å². The maximum absolute atomic E-state index is 12.8. The van der Waals surface area contributed by atoms with Gasteiger partial charge in [-0.3, -0.25) is 4.72 Å². The van der Waals surface area contributed by atoms with Gasteiger partial charge >= 0.3 is 5.97 Å². The van der Waals surface area contributed by atoms with Crippen molar-refractivity contribution >= 4 is 33.3 Å². The molecule has 2 aromatic rings. The van der Waals surface area contributed by atoms with E-state index in [1.807, 2.05) is 0 Å². The highest BCUT2D eigenvalue weighted by Crippen LogP contribution is 2.28. The van der Waals surface area contributed by atoms with Gasteiger partial charge in [0, 0.05) is 16.3 Å². The van der Waals surface area contributed by atoms with Crippen molar-refractivity contribution in [2.45, 2.75) is 32.6 Å². The number of nitrogens with one attached hydrogen (secondary N) is 2. The molecule has 0 fully saturated rings. The number of carbonyl (C=O) groups excluding carboxylic acids is 1. The standard InChI is InChI=1S/C16H19ClN2O4S/c1-5-23-16(20)14-10(3)15(11(4)18-14)24(21,22)19-13-8-12(17)7-6-9(13)2/h6-8,18-19H,5H2,1-4H3. The number of hydrogen-bond donors (Lipinski definition) is 2. The second-order valence-electron chi connectivity index (χ2n) is 5.36. The van der Waals surface area contributed by atoms with Crippen LogP contribution >= 0.6 is 11.6 Å². The zero-order valence-corrected chi connectivity index (χ0v) is 15.4. The molecule has 0 saturated heterocycles. The van der Waals surface area contributed by atoms with Gasteiger partial charge in [0.05, 0.1) is 12.3 Å². The van der Waals surface area contributed by atoms with E-state index in [2.05, 4.69) is 9.71 Å². The molecule has 1 aromatic heterocycles. The van der Waals surface area contributed by atoms with E-state index < -0.39 is 16.0 Å². The number of anilines is 1. The van der Waals surface area contributed by atoms with Gasteiger partial charge in [-0.05, 0) is 45.4 Å². The first-order valence-electron chi connectivity index (χ1n) is 7.32. The number of aromatic nitrogens is 1. The molecule has 0 aliphatic carbocycles. The summed E-state index contributed by atoms with van der Waals surface area (Å²) in [5.74, 6) is -0.585. The predicted octanol–water partition coefficient (Wildman–Crippen LogP) is 3.57. The van der Waals surface area contributed by atoms with E-state index in [1.165, 1.54) is 6.07 Å². The number of carbonyl (C=O) groups is 1. The molecule has 0 aliphatic rings. The second kappa shape index (κ2) is 6.86. The minimum absolute atomic E-state index is 0.0323. The van der Waals surface area contributed by atoms with Crippen molar-refractivity contribution in [1.82, 2.24) is 4.98 Å². The lowest BCUT2D eigenvalue weighted by Crippen LogP contribution is -2.15. The van der Waals surface area contributed by atoms with Crippen LogP contribution in [0.25, 0.3) is 0 Å². The Balaban J connectivity index is 2.47. The fourth-order valence-electron chi connectivity index (χ4n) is 2.44. The van der Waals surface area contributed by atoms with Crippen LogP contribution in [0.2, 0.25) is 5.02 Å². The summed E-state index contributed by atoms with van der Waals surface area (Å²) in [4.78, 5) is 14.8. The van der Waals surface area contributed by atoms with Crippen molar-refractivity contribution in [2.24, 2.45) is 0 Å². The summed E-state index contributed by atoms with van der Waals surface area (Å²) in [5.41, 5.74) is 1.94. The first-order chi connectivity index (χ1) is 11.2. The molecule has 0 saturated carbocycles. The molecular weight excluding hydrogens is 352 g/mol. The van der Waals surface area contributed by atoms with Gasteiger partial charge in [-0.2, -0.15) is 0 Å². The number of aromatic amines is 1. The van der Waals surface area contributed by atoms with Crippen molar-refractivity contribution in [3.8, 4) is 0 Å². The van der Waals surface area contributed by atoms with E-state index in [4.69, 9.17) is 16.3 Å². The zero-order valence-electron chi connectivity index (χ0n) is 13.9. The van der Waals surface area contributed by atoms with Gasteiger partial charge in [0.25, 0.3) is 10.0 Å². The molecular formula is C16H19ClN2O4S. The van der Waals surface area contributed by atoms with E-state index in [-0.39, 0.29) is 17.2 Å². The van der Waals surface area contributed by atoms with Crippen LogP contribution < -0.4 is 4.72 Å². The van der Waals surface area contributed by atoms with Crippen molar-refractivity contribution in [1.29, 1.82) is 0 Å². The van der Waals surface area contributed by atoms with Crippen LogP contribution in [0, 0.1) is 20.8 Å². The highest BCUT2D eigenvalue weighted by Gasteiger charge is 2.27. The number of rotatable bonds is 5. The molecule has 0 unspecified atom stereocenters. The second-order valence-corrected chi connectivity index (χ2v) is 7.42. The summed E-state index contributed by atoms with van der Waals surface area (Å²) in [7, 11) is -3.89. The number of aryl methyl sites for hydroxylation is 2. The van der Waals surface area contributed by atoms with E-state index in [0.717, 1.165) is 5.56 Å². The average Bonchev–Trinajstić information content (AvgIpc) is 2.78. The van der Waals surface area contributed by atoms with Gasteiger partial charge in [-0.15, -0.1) is 0 Å². The zero-order chi connectivity index (χ0) is 18.1. The minimum Gasteiger partial charge on any atom is -0.461 e. The number of hydrogen-bond acceptors (Lipinski definition) is 4. The van der Waals surface area contributed by atoms with Gasteiger partial charge in [-0.25, -0.2) is 13.2 Å². The molecule has 0 radical (unpaired) electrons. The molecule has 1 aromatic carbocycles. The highest BCUT2D eigenvalue weighted by atomic mass is 35.5. The number of benzene rings is 1. The number of halogens is 1. The molecule has 0 bridgehead atoms. The third kappa shape index (κ3) is 3.57. The van der Waals surface area contributed by atoms with Gasteiger partial charge in [-0.1, -0.05) is 17.7 Å². The fraction of sp³-hybridized carbons (Fsp3) is 0.312. The summed E-state index contributed by atoms with van der Waals surface area (Å²) in [6.45, 7) is 6.82. The monoisotopic (exact) mass is 370 g/mol. The van der Waals surface area contributed by atoms with Crippen LogP contribution in [0.1, 0.15) is 34.2 Å². The molecule has 0 spiro atoms. The maximum Gasteiger partial charge on any atom is 0.355 e. The van der Waals surface area contributed by atoms with E-state index in [1.54, 1.807) is 39.8 Å². The number of H-pyrrole nitrogens is 1. The first kappa shape index (κ1) is 18.4. The Labute approximate surface area is 146 Å². The number of ether oxygens (including phenoxy) is 1. The SMILES string of the molecule is CCOC(=O)c1[nH]c(C)c(S(=O)(=O)Nc2cc(Cl)ccc2C)c1C. The summed E-state index contributed by atoms with van der Waals surface area (Å²) >= 11 is 5.93. The van der Waals surface area contributed by atoms with Crippen molar-refractivity contribution in [3.63, 3.8) is 0 Å². The summed E-state index contributed by atoms with van der Waals surface area (Å²) in [6, 6.07) is 4.94. The molecule has 0 atom stereocenters. The largest absolute Gasteiger partial charge is 0.461 e. The molecule has 1 heterocycles. The Morgan fingerprint density at radius 2 is 1.96 bits per heavy atom. The Bertz CT molecular complexity index is 888. The Kier molecular flexibility index (Phi) is 5.25. The van der Waals surface area contributed by atoms with Gasteiger partial charge in [0.2, 0.25) is 0 Å². The molecule has 8 heteroatoms. The Morgan fingerprint density at radius 3 is 2.58 bits per heavy atom. The summed E-state index contributed by atoms with van der Waals surface area (Å²) < 4.78 is 33.0. The lowest BCUT2D eigenvalue weighted by atomic mass is 10.2. The fourth-order valence-corrected chi connectivity index (χ4v) is 4.19. The van der Waals surface area contributed by atoms with Crippen molar-refractivity contribution in [2.75, 3.05) is 11.3 Å². The minimum atomic E-state index is -3.89. The van der Waals surface area contributed by atoms with Crippen molar-refractivity contribution < 1.29 is 17.9 Å². The van der Waals surface area contributed by atoms with E-state index >= 15 is 0 Å². The Morgan fingerprint density at radius 1 is 1.29 bits per heavy atom. The van der Waals surface area contributed by atoms with Crippen LogP contribution in [0.15, 0.2) is 23.1 Å². The average molecular weight is 371 g/mol. The summed E-state index contributed by atoms with van der Waals surface area (Å²) in [6.07, 6.45) is 0. The smallest absolute Gasteiger partial charge is 0.355 e. The van der Waals surface area contributed by atoms with E-state index in [9.17, 15) is 13.2 Å². The van der Waals surface area contributed by atoms with Gasteiger partial charge < -0.3 is 9.72 Å². The normalized spacial score (nSPS) is 11.4. The third-order valence-corrected chi connectivity index (χ3v) is 5.43. The molecule has 0 aliphatic heterocycles. The van der Waals surface area contributed by atoms with Crippen LogP contribution in [-0.2, 0) is 14.8 Å². The maximum atomic E-state index is 12.8. The topological polar surface area (TPSA) is 88.3 Å². The number of esters is 1. The molecule has 2 rings (SSSR count). The van der Waals surface area contributed by atoms with Crippen LogP contribution in [0.3, 0.4) is 0 Å². The first-order valence-corrected chi connectivity index (χ1v) is 9.18. The predicted molar refractivity (Wildman–Crippen MR) is 93.2 cm³/mol. The van der Waals surface area contributed by atoms with Gasteiger partial charge in [0.1, 0.15) is 10.6 Å². The molecule has 2 N–H and O–H groups in total. The molecule has 130 valence electrons. The van der Waals surface area contributed by atoms with Crippen LogP contribution in [0.5, 0.6) is 0 Å². The Hall–Kier alpha value is -1.99. The van der Waals surface area contributed by atoms with Gasteiger partial charge in [0.15, 0.2) is 0 Å². The van der Waals surface area contributed by atoms with Crippen LogP contribution in [-0.4, -0.2) is 26.0 Å². The molecule has 6 nitrogen and oxygen atoms in total. The molecule has 0 amide bonds. The highest BCUT2D eigenvalue weighted by molar-refractivity contribution is 7.92. The van der Waals surface area contributed by atoms with Crippen LogP contribution in [0.4, 0.5) is 5.69 Å². The lowest BCUT2D eigenvalue weighted by molar-refractivity contribution is 0.0519. The molecule has 24 heavy (non-hydrogen) atoms. The third-order valence-electron chi connectivity index (χ3n) is 3.56. The quantitative estimate of drug-likeness (QED) is 0.787. The number of sulfonamides is 1. The summed E-state index contributed by atoms with van der Waals surface area (Å²) in [5, 5.41) is 0.424.